The molecule has 2 heterocycles. The van der Waals surface area contributed by atoms with Crippen LogP contribution in [0.25, 0.3) is 45.4 Å². The van der Waals surface area contributed by atoms with Gasteiger partial charge in [-0.1, -0.05) is 102 Å². The Bertz CT molecular complexity index is 1510. The van der Waals surface area contributed by atoms with Gasteiger partial charge in [0.05, 0.1) is 0 Å². The van der Waals surface area contributed by atoms with E-state index in [2.05, 4.69) is 101 Å². The van der Waals surface area contributed by atoms with Crippen LogP contribution in [-0.2, 0) is 30.9 Å². The van der Waals surface area contributed by atoms with Gasteiger partial charge >= 0.3 is 0 Å². The Kier molecular flexibility index (Phi) is 8.43. The molecule has 2 aromatic heterocycles. The molecule has 0 unspecified atom stereocenters. The monoisotopic (exact) mass is 708 g/mol. The number of benzene rings is 3. The molecule has 205 valence electrons. The summed E-state index contributed by atoms with van der Waals surface area (Å²) in [7, 11) is 0. The van der Waals surface area contributed by atoms with Crippen LogP contribution < -0.4 is 0 Å². The normalized spacial score (nSPS) is 11.7. The fourth-order valence-electron chi connectivity index (χ4n) is 4.25. The molecule has 0 saturated carbocycles. The van der Waals surface area contributed by atoms with Crippen LogP contribution in [0.3, 0.4) is 0 Å². The zero-order valence-corrected chi connectivity index (χ0v) is 26.0. The van der Waals surface area contributed by atoms with Crippen molar-refractivity contribution in [2.75, 3.05) is 0 Å². The van der Waals surface area contributed by atoms with Crippen LogP contribution in [-0.4, -0.2) is 19.9 Å². The number of nitrogens with zero attached hydrogens (tertiary/aromatic N) is 4. The van der Waals surface area contributed by atoms with Crippen LogP contribution in [0.15, 0.2) is 85.1 Å². The second-order valence-electron chi connectivity index (χ2n) is 11.8. The van der Waals surface area contributed by atoms with Gasteiger partial charge in [-0.05, 0) is 27.7 Å². The number of hydrogen-bond donors (Lipinski definition) is 0. The molecule has 6 heteroatoms. The molecule has 40 heavy (non-hydrogen) atoms. The van der Waals surface area contributed by atoms with E-state index in [1.807, 2.05) is 12.1 Å². The zero-order valence-electron chi connectivity index (χ0n) is 23.6. The first-order chi connectivity index (χ1) is 18.5. The van der Waals surface area contributed by atoms with Gasteiger partial charge < -0.3 is 4.98 Å². The second-order valence-corrected chi connectivity index (χ2v) is 11.8. The van der Waals surface area contributed by atoms with Crippen LogP contribution in [0.2, 0.25) is 0 Å². The van der Waals surface area contributed by atoms with E-state index in [1.54, 1.807) is 12.3 Å². The Morgan fingerprint density at radius 1 is 0.575 bits per heavy atom. The van der Waals surface area contributed by atoms with Gasteiger partial charge in [0.25, 0.3) is 0 Å². The van der Waals surface area contributed by atoms with Crippen molar-refractivity contribution in [3.8, 4) is 45.4 Å². The van der Waals surface area contributed by atoms with Gasteiger partial charge in [0.15, 0.2) is 17.5 Å². The van der Waals surface area contributed by atoms with Crippen LogP contribution >= 0.6 is 0 Å². The molecule has 0 saturated heterocycles. The predicted molar refractivity (Wildman–Crippen MR) is 156 cm³/mol. The molecular formula is C34H32FIrN4-. The van der Waals surface area contributed by atoms with Gasteiger partial charge in [-0.2, -0.15) is 0 Å². The van der Waals surface area contributed by atoms with Crippen molar-refractivity contribution >= 4 is 0 Å². The largest absolute Gasteiger partial charge is 0.304 e. The van der Waals surface area contributed by atoms with E-state index in [4.69, 9.17) is 15.0 Å². The summed E-state index contributed by atoms with van der Waals surface area (Å²) in [5.74, 6) is 1.42. The van der Waals surface area contributed by atoms with E-state index < -0.39 is 0 Å². The fourth-order valence-corrected chi connectivity index (χ4v) is 4.25. The van der Waals surface area contributed by atoms with E-state index in [-0.39, 0.29) is 36.8 Å². The van der Waals surface area contributed by atoms with Crippen LogP contribution in [0.5, 0.6) is 0 Å². The SMILES string of the molecule is CC(C)(C)c1ccc(-c2nc(-c3ccc(C(C)(C)C)cc3)nc(-c3ccc(-c4[c-]cc(F)cc4)nc3)n2)cc1.[Ir]. The number of pyridine rings is 1. The second kappa shape index (κ2) is 11.5. The van der Waals surface area contributed by atoms with Crippen LogP contribution in [0.4, 0.5) is 4.39 Å². The summed E-state index contributed by atoms with van der Waals surface area (Å²) in [6, 6.07) is 27.9. The molecule has 0 amide bonds. The summed E-state index contributed by atoms with van der Waals surface area (Å²) in [4.78, 5) is 19.1. The summed E-state index contributed by atoms with van der Waals surface area (Å²) in [5.41, 5.74) is 6.63. The molecule has 0 aliphatic heterocycles. The number of rotatable bonds is 4. The maximum absolute atomic E-state index is 13.3. The molecule has 0 fully saturated rings. The Balaban J connectivity index is 0.00000370. The molecule has 0 aliphatic rings. The minimum Gasteiger partial charge on any atom is -0.304 e. The van der Waals surface area contributed by atoms with Gasteiger partial charge in [-0.25, -0.2) is 15.0 Å². The third-order valence-corrected chi connectivity index (χ3v) is 6.73. The number of halogens is 1. The van der Waals surface area contributed by atoms with E-state index in [1.165, 1.54) is 23.3 Å². The average Bonchev–Trinajstić information content (AvgIpc) is 2.92. The summed E-state index contributed by atoms with van der Waals surface area (Å²) in [6.07, 6.45) is 1.74. The van der Waals surface area contributed by atoms with E-state index >= 15 is 0 Å². The molecule has 0 atom stereocenters. The van der Waals surface area contributed by atoms with Crippen molar-refractivity contribution < 1.29 is 24.5 Å². The molecule has 5 rings (SSSR count). The molecular weight excluding hydrogens is 676 g/mol. The molecule has 3 aromatic carbocycles. The predicted octanol–water partition coefficient (Wildman–Crippen LogP) is 8.47. The first kappa shape index (κ1) is 29.4. The van der Waals surface area contributed by atoms with Gasteiger partial charge in [0.1, 0.15) is 0 Å². The zero-order chi connectivity index (χ0) is 27.8. The van der Waals surface area contributed by atoms with Gasteiger partial charge in [0.2, 0.25) is 0 Å². The van der Waals surface area contributed by atoms with Crippen molar-refractivity contribution in [1.82, 2.24) is 19.9 Å². The quantitative estimate of drug-likeness (QED) is 0.176. The molecule has 5 aromatic rings. The standard InChI is InChI=1S/C34H32FN4.Ir/c1-33(2,3)26-14-7-23(8-15-26)30-37-31(24-9-16-27(17-10-24)34(4,5)6)39-32(38-30)25-13-20-29(36-21-25)22-11-18-28(35)19-12-22;/h7-11,13-21H,1-6H3;/q-1;. The maximum Gasteiger partial charge on any atom is 0.165 e. The molecule has 4 nitrogen and oxygen atoms in total. The van der Waals surface area contributed by atoms with Crippen molar-refractivity contribution in [2.45, 2.75) is 52.4 Å². The van der Waals surface area contributed by atoms with Crippen LogP contribution in [0, 0.1) is 11.9 Å². The summed E-state index contributed by atoms with van der Waals surface area (Å²) in [6.45, 7) is 13.2. The van der Waals surface area contributed by atoms with Crippen molar-refractivity contribution in [3.63, 3.8) is 0 Å². The Morgan fingerprint density at radius 2 is 1.02 bits per heavy atom. The molecule has 0 aliphatic carbocycles. The molecule has 0 N–H and O–H groups in total. The summed E-state index contributed by atoms with van der Waals surface area (Å²) < 4.78 is 13.3. The minimum absolute atomic E-state index is 0. The van der Waals surface area contributed by atoms with Gasteiger partial charge in [-0.15, -0.1) is 29.8 Å². The van der Waals surface area contributed by atoms with Gasteiger partial charge in [-0.3, -0.25) is 4.39 Å². The summed E-state index contributed by atoms with van der Waals surface area (Å²) in [5, 5.41) is 0. The third kappa shape index (κ3) is 6.57. The maximum atomic E-state index is 13.3. The minimum atomic E-state index is -0.327. The molecule has 0 spiro atoms. The van der Waals surface area contributed by atoms with E-state index in [0.717, 1.165) is 22.3 Å². The van der Waals surface area contributed by atoms with Crippen molar-refractivity contribution in [1.29, 1.82) is 0 Å². The third-order valence-electron chi connectivity index (χ3n) is 6.73. The topological polar surface area (TPSA) is 51.6 Å². The van der Waals surface area contributed by atoms with Gasteiger partial charge in [0, 0.05) is 48.8 Å². The van der Waals surface area contributed by atoms with Crippen LogP contribution in [0.1, 0.15) is 52.7 Å². The Labute approximate surface area is 249 Å². The fraction of sp³-hybridized carbons (Fsp3) is 0.235. The first-order valence-corrected chi connectivity index (χ1v) is 13.1. The molecule has 1 radical (unpaired) electrons. The van der Waals surface area contributed by atoms with Crippen molar-refractivity contribution in [2.24, 2.45) is 0 Å². The first-order valence-electron chi connectivity index (χ1n) is 13.1. The average molecular weight is 708 g/mol. The summed E-state index contributed by atoms with van der Waals surface area (Å²) >= 11 is 0. The number of aromatic nitrogens is 4. The van der Waals surface area contributed by atoms with E-state index in [0.29, 0.717) is 23.2 Å². The Hall–Kier alpha value is -3.60. The molecule has 0 bridgehead atoms. The Morgan fingerprint density at radius 3 is 1.40 bits per heavy atom. The smallest absolute Gasteiger partial charge is 0.165 e. The van der Waals surface area contributed by atoms with Crippen molar-refractivity contribution in [3.05, 3.63) is 108 Å². The van der Waals surface area contributed by atoms with E-state index in [9.17, 15) is 4.39 Å². The number of hydrogen-bond acceptors (Lipinski definition) is 4.